The van der Waals surface area contributed by atoms with E-state index in [0.717, 1.165) is 31.3 Å². The predicted octanol–water partition coefficient (Wildman–Crippen LogP) is 1.72. The Kier molecular flexibility index (Phi) is 7.70. The lowest BCUT2D eigenvalue weighted by atomic mass is 10.1. The van der Waals surface area contributed by atoms with E-state index in [1.165, 1.54) is 18.5 Å². The van der Waals surface area contributed by atoms with Crippen molar-refractivity contribution in [3.8, 4) is 11.3 Å². The molecular formula is C19H23F3N6O2. The van der Waals surface area contributed by atoms with Gasteiger partial charge in [0.05, 0.1) is 18.0 Å². The first-order valence-electron chi connectivity index (χ1n) is 9.09. The minimum Gasteiger partial charge on any atom is -0.395 e. The van der Waals surface area contributed by atoms with Gasteiger partial charge >= 0.3 is 6.18 Å². The molecule has 0 unspecified atom stereocenters. The van der Waals surface area contributed by atoms with Gasteiger partial charge in [-0.15, -0.1) is 0 Å². The van der Waals surface area contributed by atoms with Gasteiger partial charge in [-0.2, -0.15) is 18.3 Å². The van der Waals surface area contributed by atoms with Crippen molar-refractivity contribution in [2.24, 2.45) is 16.5 Å². The number of aliphatic hydroxyl groups is 1. The molecule has 0 saturated heterocycles. The van der Waals surface area contributed by atoms with Gasteiger partial charge in [0.15, 0.2) is 0 Å². The van der Waals surface area contributed by atoms with Gasteiger partial charge in [0.1, 0.15) is 11.4 Å². The molecule has 0 fully saturated rings. The molecule has 0 bridgehead atoms. The van der Waals surface area contributed by atoms with E-state index < -0.39 is 23.5 Å². The Morgan fingerprint density at radius 3 is 2.63 bits per heavy atom. The lowest BCUT2D eigenvalue weighted by molar-refractivity contribution is -0.111. The summed E-state index contributed by atoms with van der Waals surface area (Å²) in [4.78, 5) is 17.7. The Morgan fingerprint density at radius 1 is 1.33 bits per heavy atom. The third-order valence-corrected chi connectivity index (χ3v) is 4.30. The minimum absolute atomic E-state index is 0.0264. The van der Waals surface area contributed by atoms with Gasteiger partial charge < -0.3 is 16.6 Å². The number of aryl methyl sites for hydroxylation is 2. The highest BCUT2D eigenvalue weighted by atomic mass is 19.4. The van der Waals surface area contributed by atoms with Crippen LogP contribution in [0, 0.1) is 0 Å². The molecule has 1 aliphatic rings. The number of alkyl halides is 3. The number of aromatic nitrogens is 3. The summed E-state index contributed by atoms with van der Waals surface area (Å²) in [6, 6.07) is 5.98. The van der Waals surface area contributed by atoms with Crippen LogP contribution in [0.25, 0.3) is 11.3 Å². The zero-order valence-electron chi connectivity index (χ0n) is 16.4. The van der Waals surface area contributed by atoms with E-state index in [-0.39, 0.29) is 6.61 Å². The second kappa shape index (κ2) is 10.0. The minimum atomic E-state index is -4.68. The van der Waals surface area contributed by atoms with Gasteiger partial charge in [-0.05, 0) is 43.5 Å². The number of halogens is 3. The maximum absolute atomic E-state index is 11.8. The molecule has 0 aliphatic carbocycles. The number of rotatable bonds is 4. The zero-order valence-corrected chi connectivity index (χ0v) is 16.4. The fraction of sp³-hybridized carbons (Fsp3) is 0.368. The van der Waals surface area contributed by atoms with E-state index in [2.05, 4.69) is 31.6 Å². The zero-order chi connectivity index (χ0) is 22.3. The van der Waals surface area contributed by atoms with Crippen LogP contribution in [0.3, 0.4) is 0 Å². The van der Waals surface area contributed by atoms with Crippen LogP contribution in [0.4, 0.5) is 13.2 Å². The molecule has 1 aliphatic heterocycles. The van der Waals surface area contributed by atoms with Crippen LogP contribution in [0.5, 0.6) is 0 Å². The maximum atomic E-state index is 11.8. The number of aliphatic imine (C=N–C) groups is 1. The van der Waals surface area contributed by atoms with Crippen LogP contribution >= 0.6 is 0 Å². The van der Waals surface area contributed by atoms with Gasteiger partial charge in [0, 0.05) is 31.0 Å². The van der Waals surface area contributed by atoms with Crippen molar-refractivity contribution in [2.45, 2.75) is 38.6 Å². The van der Waals surface area contributed by atoms with E-state index in [0.29, 0.717) is 11.8 Å². The van der Waals surface area contributed by atoms with Crippen molar-refractivity contribution in [2.75, 3.05) is 7.05 Å². The summed E-state index contributed by atoms with van der Waals surface area (Å²) in [6.45, 7) is 0.995. The van der Waals surface area contributed by atoms with Gasteiger partial charge in [-0.3, -0.25) is 19.5 Å². The van der Waals surface area contributed by atoms with Crippen molar-refractivity contribution < 1.29 is 23.1 Å². The monoisotopic (exact) mass is 424 g/mol. The lowest BCUT2D eigenvalue weighted by Gasteiger charge is -2.11. The number of carbonyl (C=O) groups is 1. The molecule has 8 nitrogen and oxygen atoms in total. The van der Waals surface area contributed by atoms with Gasteiger partial charge in [-0.1, -0.05) is 0 Å². The summed E-state index contributed by atoms with van der Waals surface area (Å²) in [5, 5.41) is 13.7. The molecule has 0 radical (unpaired) electrons. The number of fused-ring (bicyclic) bond motifs is 1. The SMILES string of the molecule is CN=C(/C=C(\N)C(F)(F)F)C(N)=O.OCc1cc(-c2cc3n(n2)CCCC3)ccn1. The van der Waals surface area contributed by atoms with Gasteiger partial charge in [-0.25, -0.2) is 0 Å². The molecule has 162 valence electrons. The van der Waals surface area contributed by atoms with E-state index >= 15 is 0 Å². The molecule has 0 aromatic carbocycles. The second-order valence-electron chi connectivity index (χ2n) is 6.47. The molecule has 2 aromatic heterocycles. The van der Waals surface area contributed by atoms with Crippen LogP contribution in [0.2, 0.25) is 0 Å². The van der Waals surface area contributed by atoms with Crippen molar-refractivity contribution in [1.29, 1.82) is 0 Å². The third-order valence-electron chi connectivity index (χ3n) is 4.30. The average molecular weight is 424 g/mol. The molecule has 3 heterocycles. The number of allylic oxidation sites excluding steroid dienone is 1. The Balaban J connectivity index is 0.000000224. The number of aliphatic hydroxyl groups excluding tert-OH is 1. The summed E-state index contributed by atoms with van der Waals surface area (Å²) in [5.41, 5.74) is 11.4. The highest BCUT2D eigenvalue weighted by molar-refractivity contribution is 6.42. The van der Waals surface area contributed by atoms with E-state index in [9.17, 15) is 18.0 Å². The quantitative estimate of drug-likeness (QED) is 0.643. The summed E-state index contributed by atoms with van der Waals surface area (Å²) in [7, 11) is 1.14. The molecular weight excluding hydrogens is 401 g/mol. The van der Waals surface area contributed by atoms with E-state index in [1.807, 2.05) is 12.1 Å². The van der Waals surface area contributed by atoms with Crippen LogP contribution < -0.4 is 11.5 Å². The van der Waals surface area contributed by atoms with Crippen LogP contribution in [-0.4, -0.2) is 44.7 Å². The molecule has 30 heavy (non-hydrogen) atoms. The number of hydrogen-bond acceptors (Lipinski definition) is 6. The van der Waals surface area contributed by atoms with E-state index in [1.54, 1.807) is 6.20 Å². The summed E-state index contributed by atoms with van der Waals surface area (Å²) in [6.07, 6.45) is 1.02. The Labute approximate surface area is 171 Å². The topological polar surface area (TPSA) is 132 Å². The van der Waals surface area contributed by atoms with Gasteiger partial charge in [0.25, 0.3) is 5.91 Å². The summed E-state index contributed by atoms with van der Waals surface area (Å²) >= 11 is 0. The molecule has 1 amide bonds. The molecule has 3 rings (SSSR count). The van der Waals surface area contributed by atoms with Crippen molar-refractivity contribution in [3.63, 3.8) is 0 Å². The van der Waals surface area contributed by atoms with Crippen LogP contribution in [0.15, 0.2) is 41.2 Å². The largest absolute Gasteiger partial charge is 0.430 e. The first-order valence-corrected chi connectivity index (χ1v) is 9.09. The number of hydrogen-bond donors (Lipinski definition) is 3. The molecule has 0 spiro atoms. The first-order chi connectivity index (χ1) is 14.2. The Bertz CT molecular complexity index is 926. The number of nitrogens with two attached hydrogens (primary N) is 2. The van der Waals surface area contributed by atoms with Crippen molar-refractivity contribution in [1.82, 2.24) is 14.8 Å². The van der Waals surface area contributed by atoms with Crippen LogP contribution in [0.1, 0.15) is 24.2 Å². The van der Waals surface area contributed by atoms with Crippen molar-refractivity contribution >= 4 is 11.6 Å². The maximum Gasteiger partial charge on any atom is 0.430 e. The highest BCUT2D eigenvalue weighted by Crippen LogP contribution is 2.23. The van der Waals surface area contributed by atoms with E-state index in [4.69, 9.17) is 10.8 Å². The third kappa shape index (κ3) is 6.14. The van der Waals surface area contributed by atoms with Crippen LogP contribution in [-0.2, 0) is 24.4 Å². The average Bonchev–Trinajstić information content (AvgIpc) is 3.15. The summed E-state index contributed by atoms with van der Waals surface area (Å²) in [5.74, 6) is -1.06. The first kappa shape index (κ1) is 23.1. The number of pyridine rings is 1. The fourth-order valence-corrected chi connectivity index (χ4v) is 2.76. The Morgan fingerprint density at radius 2 is 2.07 bits per heavy atom. The highest BCUT2D eigenvalue weighted by Gasteiger charge is 2.32. The number of primary amides is 1. The number of carbonyl (C=O) groups excluding carboxylic acids is 1. The Hall–Kier alpha value is -3.21. The predicted molar refractivity (Wildman–Crippen MR) is 105 cm³/mol. The molecule has 5 N–H and O–H groups in total. The smallest absolute Gasteiger partial charge is 0.395 e. The number of nitrogens with zero attached hydrogens (tertiary/aromatic N) is 4. The second-order valence-corrected chi connectivity index (χ2v) is 6.47. The number of amides is 1. The molecule has 2 aromatic rings. The summed E-state index contributed by atoms with van der Waals surface area (Å²) < 4.78 is 37.5. The molecule has 0 atom stereocenters. The van der Waals surface area contributed by atoms with Crippen molar-refractivity contribution in [3.05, 3.63) is 47.6 Å². The molecule has 11 heteroatoms. The standard InChI is InChI=1S/C13H15N3O.C6H8F3N3O/c17-9-11-7-10(4-5-14-11)13-8-12-3-1-2-6-16(12)15-13;1-12-3(5(11)13)2-4(10)6(7,8)9/h4-5,7-8,17H,1-3,6,9H2;2H,10H2,1H3,(H2,11,13)/b;4-2-,12-3?. The molecule has 0 saturated carbocycles. The normalized spacial score (nSPS) is 14.6. The van der Waals surface area contributed by atoms with Gasteiger partial charge in [0.2, 0.25) is 0 Å². The fourth-order valence-electron chi connectivity index (χ4n) is 2.76. The lowest BCUT2D eigenvalue weighted by Crippen LogP contribution is -2.26.